The van der Waals surface area contributed by atoms with E-state index in [0.29, 0.717) is 19.7 Å². The predicted molar refractivity (Wildman–Crippen MR) is 84.3 cm³/mol. The van der Waals surface area contributed by atoms with E-state index < -0.39 is 0 Å². The van der Waals surface area contributed by atoms with Gasteiger partial charge in [-0.3, -0.25) is 4.98 Å². The third-order valence-corrected chi connectivity index (χ3v) is 3.24. The van der Waals surface area contributed by atoms with E-state index in [0.717, 1.165) is 23.4 Å². The molecule has 1 aromatic rings. The molecular weight excluding hydrogens is 266 g/mol. The summed E-state index contributed by atoms with van der Waals surface area (Å²) in [5.41, 5.74) is 3.04. The SMILES string of the molecule is CCOC(CC)CNC(=O)N(C)Cc1cc(C)cc(C)n1. The van der Waals surface area contributed by atoms with Gasteiger partial charge in [0.15, 0.2) is 0 Å². The number of nitrogens with zero attached hydrogens (tertiary/aromatic N) is 2. The molecule has 1 heterocycles. The third kappa shape index (κ3) is 6.12. The van der Waals surface area contributed by atoms with Crippen molar-refractivity contribution in [1.82, 2.24) is 15.2 Å². The Bertz CT molecular complexity index is 443. The van der Waals surface area contributed by atoms with Crippen molar-refractivity contribution in [2.24, 2.45) is 0 Å². The maximum Gasteiger partial charge on any atom is 0.317 e. The van der Waals surface area contributed by atoms with E-state index in [1.54, 1.807) is 11.9 Å². The molecule has 1 atom stereocenters. The van der Waals surface area contributed by atoms with Crippen LogP contribution in [0.1, 0.15) is 37.2 Å². The summed E-state index contributed by atoms with van der Waals surface area (Å²) in [5.74, 6) is 0. The van der Waals surface area contributed by atoms with Crippen LogP contribution in [0.25, 0.3) is 0 Å². The minimum absolute atomic E-state index is 0.0756. The molecule has 0 bridgehead atoms. The average molecular weight is 293 g/mol. The van der Waals surface area contributed by atoms with Crippen LogP contribution in [-0.4, -0.2) is 42.2 Å². The van der Waals surface area contributed by atoms with Crippen molar-refractivity contribution in [3.05, 3.63) is 29.1 Å². The van der Waals surface area contributed by atoms with Gasteiger partial charge in [-0.05, 0) is 44.9 Å². The molecule has 1 unspecified atom stereocenters. The first-order chi connectivity index (χ1) is 9.96. The van der Waals surface area contributed by atoms with Crippen molar-refractivity contribution in [2.75, 3.05) is 20.2 Å². The Balaban J connectivity index is 2.50. The van der Waals surface area contributed by atoms with Crippen LogP contribution >= 0.6 is 0 Å². The maximum absolute atomic E-state index is 12.1. The number of hydrogen-bond acceptors (Lipinski definition) is 3. The van der Waals surface area contributed by atoms with E-state index in [4.69, 9.17) is 4.74 Å². The van der Waals surface area contributed by atoms with Gasteiger partial charge >= 0.3 is 6.03 Å². The first kappa shape index (κ1) is 17.4. The van der Waals surface area contributed by atoms with Crippen molar-refractivity contribution >= 4 is 6.03 Å². The van der Waals surface area contributed by atoms with Gasteiger partial charge in [0.05, 0.1) is 18.3 Å². The predicted octanol–water partition coefficient (Wildman–Crippen LogP) is 2.65. The lowest BCUT2D eigenvalue weighted by atomic mass is 10.2. The zero-order chi connectivity index (χ0) is 15.8. The van der Waals surface area contributed by atoms with Gasteiger partial charge in [-0.15, -0.1) is 0 Å². The standard InChI is InChI=1S/C16H27N3O2/c1-6-15(21-7-2)10-17-16(20)19(5)11-14-9-12(3)8-13(4)18-14/h8-9,15H,6-7,10-11H2,1-5H3,(H,17,20). The van der Waals surface area contributed by atoms with Gasteiger partial charge in [-0.2, -0.15) is 0 Å². The summed E-state index contributed by atoms with van der Waals surface area (Å²) in [6.07, 6.45) is 0.961. The molecule has 0 saturated heterocycles. The highest BCUT2D eigenvalue weighted by atomic mass is 16.5. The molecule has 0 radical (unpaired) electrons. The van der Waals surface area contributed by atoms with Gasteiger partial charge in [-0.25, -0.2) is 4.79 Å². The lowest BCUT2D eigenvalue weighted by Crippen LogP contribution is -2.41. The van der Waals surface area contributed by atoms with E-state index >= 15 is 0 Å². The molecule has 0 fully saturated rings. The van der Waals surface area contributed by atoms with Crippen LogP contribution in [0.15, 0.2) is 12.1 Å². The van der Waals surface area contributed by atoms with Gasteiger partial charge in [-0.1, -0.05) is 6.92 Å². The van der Waals surface area contributed by atoms with Gasteiger partial charge < -0.3 is 15.0 Å². The normalized spacial score (nSPS) is 12.0. The van der Waals surface area contributed by atoms with Gasteiger partial charge in [0.25, 0.3) is 0 Å². The Morgan fingerprint density at radius 3 is 2.67 bits per heavy atom. The van der Waals surface area contributed by atoms with Crippen LogP contribution in [0.2, 0.25) is 0 Å². The van der Waals surface area contributed by atoms with E-state index in [-0.39, 0.29) is 12.1 Å². The Morgan fingerprint density at radius 2 is 2.10 bits per heavy atom. The van der Waals surface area contributed by atoms with E-state index in [9.17, 15) is 4.79 Å². The van der Waals surface area contributed by atoms with Crippen molar-refractivity contribution in [1.29, 1.82) is 0 Å². The number of amides is 2. The van der Waals surface area contributed by atoms with E-state index in [1.807, 2.05) is 32.9 Å². The van der Waals surface area contributed by atoms with Crippen LogP contribution < -0.4 is 5.32 Å². The van der Waals surface area contributed by atoms with Gasteiger partial charge in [0.2, 0.25) is 0 Å². The number of pyridine rings is 1. The number of rotatable bonds is 7. The molecule has 0 aromatic carbocycles. The van der Waals surface area contributed by atoms with Crippen LogP contribution in [-0.2, 0) is 11.3 Å². The molecule has 0 aliphatic heterocycles. The van der Waals surface area contributed by atoms with Crippen molar-refractivity contribution in [3.8, 4) is 0 Å². The monoisotopic (exact) mass is 293 g/mol. The van der Waals surface area contributed by atoms with Crippen molar-refractivity contribution in [2.45, 2.75) is 46.8 Å². The number of ether oxygens (including phenoxy) is 1. The molecule has 118 valence electrons. The number of carbonyl (C=O) groups excluding carboxylic acids is 1. The molecule has 5 heteroatoms. The van der Waals surface area contributed by atoms with Crippen LogP contribution in [0.3, 0.4) is 0 Å². The summed E-state index contributed by atoms with van der Waals surface area (Å²) in [6.45, 7) is 9.71. The molecule has 0 aliphatic rings. The second-order valence-electron chi connectivity index (χ2n) is 5.30. The topological polar surface area (TPSA) is 54.5 Å². The number of hydrogen-bond donors (Lipinski definition) is 1. The molecule has 5 nitrogen and oxygen atoms in total. The van der Waals surface area contributed by atoms with E-state index in [2.05, 4.69) is 17.2 Å². The Kier molecular flexibility index (Phi) is 7.15. The number of urea groups is 1. The van der Waals surface area contributed by atoms with Crippen molar-refractivity contribution in [3.63, 3.8) is 0 Å². The second kappa shape index (κ2) is 8.62. The molecule has 21 heavy (non-hydrogen) atoms. The zero-order valence-corrected chi connectivity index (χ0v) is 13.8. The molecule has 1 aromatic heterocycles. The number of nitrogens with one attached hydrogen (secondary N) is 1. The minimum atomic E-state index is -0.103. The summed E-state index contributed by atoms with van der Waals surface area (Å²) in [6, 6.07) is 3.93. The molecule has 0 aliphatic carbocycles. The number of aromatic nitrogens is 1. The van der Waals surface area contributed by atoms with Crippen LogP contribution in [0.5, 0.6) is 0 Å². The summed E-state index contributed by atoms with van der Waals surface area (Å²) >= 11 is 0. The van der Waals surface area contributed by atoms with Gasteiger partial charge in [0, 0.05) is 25.9 Å². The van der Waals surface area contributed by atoms with Crippen molar-refractivity contribution < 1.29 is 9.53 Å². The van der Waals surface area contributed by atoms with Gasteiger partial charge in [0.1, 0.15) is 0 Å². The Labute approximate surface area is 127 Å². The largest absolute Gasteiger partial charge is 0.377 e. The summed E-state index contributed by atoms with van der Waals surface area (Å²) in [4.78, 5) is 18.2. The lowest BCUT2D eigenvalue weighted by molar-refractivity contribution is 0.0608. The Hall–Kier alpha value is -1.62. The highest BCUT2D eigenvalue weighted by Gasteiger charge is 2.12. The second-order valence-corrected chi connectivity index (χ2v) is 5.30. The first-order valence-electron chi connectivity index (χ1n) is 7.51. The summed E-state index contributed by atoms with van der Waals surface area (Å²) in [7, 11) is 1.77. The van der Waals surface area contributed by atoms with Crippen LogP contribution in [0.4, 0.5) is 4.79 Å². The van der Waals surface area contributed by atoms with E-state index in [1.165, 1.54) is 0 Å². The lowest BCUT2D eigenvalue weighted by Gasteiger charge is -2.21. The number of carbonyl (C=O) groups is 1. The fourth-order valence-corrected chi connectivity index (χ4v) is 2.21. The summed E-state index contributed by atoms with van der Waals surface area (Å²) in [5, 5.41) is 2.90. The molecule has 0 saturated carbocycles. The molecule has 1 rings (SSSR count). The van der Waals surface area contributed by atoms with Crippen LogP contribution in [0, 0.1) is 13.8 Å². The molecular formula is C16H27N3O2. The summed E-state index contributed by atoms with van der Waals surface area (Å²) < 4.78 is 5.53. The highest BCUT2D eigenvalue weighted by molar-refractivity contribution is 5.73. The zero-order valence-electron chi connectivity index (χ0n) is 13.8. The fraction of sp³-hybridized carbons (Fsp3) is 0.625. The first-order valence-corrected chi connectivity index (χ1v) is 7.51. The highest BCUT2D eigenvalue weighted by Crippen LogP contribution is 2.06. The molecule has 2 amide bonds. The third-order valence-electron chi connectivity index (χ3n) is 3.24. The maximum atomic E-state index is 12.1. The quantitative estimate of drug-likeness (QED) is 0.841. The smallest absolute Gasteiger partial charge is 0.317 e. The Morgan fingerprint density at radius 1 is 1.38 bits per heavy atom. The minimum Gasteiger partial charge on any atom is -0.377 e. The molecule has 1 N–H and O–H groups in total. The average Bonchev–Trinajstić information content (AvgIpc) is 2.41. The number of aryl methyl sites for hydroxylation is 2. The molecule has 0 spiro atoms. The fourth-order valence-electron chi connectivity index (χ4n) is 2.21.